The summed E-state index contributed by atoms with van der Waals surface area (Å²) in [4.78, 5) is 8.13. The minimum absolute atomic E-state index is 0.647. The first-order valence-electron chi connectivity index (χ1n) is 7.15. The van der Waals surface area contributed by atoms with E-state index in [9.17, 15) is 0 Å². The highest BCUT2D eigenvalue weighted by Crippen LogP contribution is 2.06. The topological polar surface area (TPSA) is 76.4 Å². The van der Waals surface area contributed by atoms with Gasteiger partial charge in [0, 0.05) is 27.2 Å². The summed E-state index contributed by atoms with van der Waals surface area (Å²) in [5, 5.41) is 10.6. The Labute approximate surface area is 130 Å². The fourth-order valence-corrected chi connectivity index (χ4v) is 2.02. The Morgan fingerprint density at radius 1 is 1.32 bits per heavy atom. The molecule has 7 nitrogen and oxygen atoms in total. The average Bonchev–Trinajstić information content (AvgIpc) is 3.04. The molecule has 1 heterocycles. The van der Waals surface area contributed by atoms with Crippen molar-refractivity contribution in [2.24, 2.45) is 4.99 Å². The lowest BCUT2D eigenvalue weighted by atomic mass is 10.1. The summed E-state index contributed by atoms with van der Waals surface area (Å²) in [5.74, 6) is 0.763. The third-order valence-corrected chi connectivity index (χ3v) is 3.08. The first-order chi connectivity index (χ1) is 10.8. The van der Waals surface area contributed by atoms with Crippen molar-refractivity contribution < 1.29 is 4.74 Å². The van der Waals surface area contributed by atoms with Crippen LogP contribution in [-0.2, 0) is 17.8 Å². The lowest BCUT2D eigenvalue weighted by Crippen LogP contribution is -2.38. The summed E-state index contributed by atoms with van der Waals surface area (Å²) in [6.45, 7) is 2.79. The van der Waals surface area contributed by atoms with Crippen molar-refractivity contribution in [2.45, 2.75) is 13.1 Å². The van der Waals surface area contributed by atoms with Gasteiger partial charge in [-0.1, -0.05) is 24.3 Å². The molecule has 0 radical (unpaired) electrons. The van der Waals surface area contributed by atoms with Crippen molar-refractivity contribution in [3.05, 3.63) is 48.0 Å². The van der Waals surface area contributed by atoms with E-state index < -0.39 is 0 Å². The van der Waals surface area contributed by atoms with Gasteiger partial charge in [0.15, 0.2) is 5.96 Å². The molecule has 0 saturated carbocycles. The van der Waals surface area contributed by atoms with Crippen LogP contribution in [0.1, 0.15) is 11.1 Å². The van der Waals surface area contributed by atoms with Crippen LogP contribution in [-0.4, -0.2) is 48.0 Å². The summed E-state index contributed by atoms with van der Waals surface area (Å²) in [5.41, 5.74) is 2.37. The van der Waals surface area contributed by atoms with E-state index in [0.29, 0.717) is 19.7 Å². The van der Waals surface area contributed by atoms with Gasteiger partial charge in [0.05, 0.1) is 13.2 Å². The van der Waals surface area contributed by atoms with Crippen LogP contribution in [0.25, 0.3) is 0 Å². The maximum Gasteiger partial charge on any atom is 0.191 e. The van der Waals surface area contributed by atoms with E-state index >= 15 is 0 Å². The molecule has 22 heavy (non-hydrogen) atoms. The Morgan fingerprint density at radius 3 is 2.91 bits per heavy atom. The first-order valence-corrected chi connectivity index (χ1v) is 7.15. The van der Waals surface area contributed by atoms with E-state index in [1.807, 2.05) is 6.07 Å². The Kier molecular flexibility index (Phi) is 6.38. The number of methoxy groups -OCH3 is 1. The monoisotopic (exact) mass is 302 g/mol. The summed E-state index contributed by atoms with van der Waals surface area (Å²) < 4.78 is 6.81. The lowest BCUT2D eigenvalue weighted by molar-refractivity contribution is 0.203. The second-order valence-electron chi connectivity index (χ2n) is 4.76. The zero-order chi connectivity index (χ0) is 15.6. The molecule has 0 amide bonds. The van der Waals surface area contributed by atoms with E-state index in [1.165, 1.54) is 11.1 Å². The number of aromatic nitrogens is 3. The van der Waals surface area contributed by atoms with E-state index in [1.54, 1.807) is 31.5 Å². The molecule has 1 aromatic carbocycles. The van der Waals surface area contributed by atoms with Crippen LogP contribution in [0.5, 0.6) is 0 Å². The van der Waals surface area contributed by atoms with Gasteiger partial charge >= 0.3 is 0 Å². The predicted octanol–water partition coefficient (Wildman–Crippen LogP) is 0.638. The Hall–Kier alpha value is -2.41. The second-order valence-corrected chi connectivity index (χ2v) is 4.76. The van der Waals surface area contributed by atoms with Gasteiger partial charge in [-0.25, -0.2) is 9.67 Å². The molecule has 0 bridgehead atoms. The third kappa shape index (κ3) is 5.17. The van der Waals surface area contributed by atoms with Crippen LogP contribution in [0.3, 0.4) is 0 Å². The zero-order valence-electron chi connectivity index (χ0n) is 13.0. The molecule has 1 aromatic heterocycles. The summed E-state index contributed by atoms with van der Waals surface area (Å²) >= 11 is 0. The number of guanidine groups is 1. The first kappa shape index (κ1) is 16.0. The van der Waals surface area contributed by atoms with Crippen molar-refractivity contribution >= 4 is 5.96 Å². The Bertz CT molecular complexity index is 581. The van der Waals surface area contributed by atoms with E-state index in [-0.39, 0.29) is 0 Å². The van der Waals surface area contributed by atoms with Gasteiger partial charge in [0.25, 0.3) is 0 Å². The van der Waals surface area contributed by atoms with E-state index in [2.05, 4.69) is 43.9 Å². The highest BCUT2D eigenvalue weighted by Gasteiger charge is 2.00. The van der Waals surface area contributed by atoms with Gasteiger partial charge < -0.3 is 15.4 Å². The molecule has 2 aromatic rings. The molecule has 0 fully saturated rings. The number of rotatable bonds is 7. The standard InChI is InChI=1S/C15H22N6O/c1-16-15(18-6-7-22-2)19-9-13-4-3-5-14(8-13)10-21-12-17-11-20-21/h3-5,8,11-12H,6-7,9-10H2,1-2H3,(H2,16,18,19). The number of nitrogens with one attached hydrogen (secondary N) is 2. The number of hydrogen-bond acceptors (Lipinski definition) is 4. The van der Waals surface area contributed by atoms with Crippen LogP contribution in [0.15, 0.2) is 41.9 Å². The van der Waals surface area contributed by atoms with Crippen molar-refractivity contribution in [1.82, 2.24) is 25.4 Å². The van der Waals surface area contributed by atoms with Gasteiger partial charge in [-0.3, -0.25) is 4.99 Å². The number of benzene rings is 1. The van der Waals surface area contributed by atoms with Crippen LogP contribution in [0.2, 0.25) is 0 Å². The molecule has 0 unspecified atom stereocenters. The minimum Gasteiger partial charge on any atom is -0.383 e. The number of aliphatic imine (C=N–C) groups is 1. The fourth-order valence-electron chi connectivity index (χ4n) is 2.02. The number of nitrogens with zero attached hydrogens (tertiary/aromatic N) is 4. The maximum absolute atomic E-state index is 5.01. The molecule has 118 valence electrons. The average molecular weight is 302 g/mol. The molecule has 0 spiro atoms. The third-order valence-electron chi connectivity index (χ3n) is 3.08. The summed E-state index contributed by atoms with van der Waals surface area (Å²) in [7, 11) is 3.43. The molecular weight excluding hydrogens is 280 g/mol. The fraction of sp³-hybridized carbons (Fsp3) is 0.400. The Morgan fingerprint density at radius 2 is 2.18 bits per heavy atom. The molecular formula is C15H22N6O. The summed E-state index contributed by atoms with van der Waals surface area (Å²) in [6, 6.07) is 8.36. The van der Waals surface area contributed by atoms with Crippen molar-refractivity contribution in [3.63, 3.8) is 0 Å². The molecule has 2 rings (SSSR count). The predicted molar refractivity (Wildman–Crippen MR) is 85.6 cm³/mol. The normalized spacial score (nSPS) is 11.5. The van der Waals surface area contributed by atoms with Crippen molar-refractivity contribution in [1.29, 1.82) is 0 Å². The van der Waals surface area contributed by atoms with Crippen molar-refractivity contribution in [2.75, 3.05) is 27.3 Å². The molecule has 7 heteroatoms. The number of ether oxygens (including phenoxy) is 1. The Balaban J connectivity index is 1.87. The SMILES string of the molecule is CN=C(NCCOC)NCc1cccc(Cn2cncn2)c1. The number of hydrogen-bond donors (Lipinski definition) is 2. The summed E-state index contributed by atoms with van der Waals surface area (Å²) in [6.07, 6.45) is 3.26. The second kappa shape index (κ2) is 8.78. The van der Waals surface area contributed by atoms with Gasteiger partial charge in [-0.15, -0.1) is 0 Å². The molecule has 0 aliphatic heterocycles. The molecule has 2 N–H and O–H groups in total. The molecule has 0 aliphatic carbocycles. The van der Waals surface area contributed by atoms with E-state index in [4.69, 9.17) is 4.74 Å². The van der Waals surface area contributed by atoms with Crippen molar-refractivity contribution in [3.8, 4) is 0 Å². The zero-order valence-corrected chi connectivity index (χ0v) is 13.0. The molecule has 0 aliphatic rings. The highest BCUT2D eigenvalue weighted by molar-refractivity contribution is 5.79. The van der Waals surface area contributed by atoms with Gasteiger partial charge in [0.2, 0.25) is 0 Å². The smallest absolute Gasteiger partial charge is 0.191 e. The van der Waals surface area contributed by atoms with Crippen LogP contribution >= 0.6 is 0 Å². The highest BCUT2D eigenvalue weighted by atomic mass is 16.5. The van der Waals surface area contributed by atoms with Gasteiger partial charge in [-0.05, 0) is 11.1 Å². The minimum atomic E-state index is 0.647. The lowest BCUT2D eigenvalue weighted by Gasteiger charge is -2.12. The van der Waals surface area contributed by atoms with Gasteiger partial charge in [-0.2, -0.15) is 5.10 Å². The van der Waals surface area contributed by atoms with Crippen LogP contribution in [0, 0.1) is 0 Å². The molecule has 0 atom stereocenters. The van der Waals surface area contributed by atoms with E-state index in [0.717, 1.165) is 12.5 Å². The largest absolute Gasteiger partial charge is 0.383 e. The quantitative estimate of drug-likeness (QED) is 0.446. The van der Waals surface area contributed by atoms with Crippen LogP contribution < -0.4 is 10.6 Å². The molecule has 0 saturated heterocycles. The van der Waals surface area contributed by atoms with Gasteiger partial charge in [0.1, 0.15) is 12.7 Å². The van der Waals surface area contributed by atoms with Crippen LogP contribution in [0.4, 0.5) is 0 Å². The maximum atomic E-state index is 5.01.